The lowest BCUT2D eigenvalue weighted by Crippen LogP contribution is -2.11. The topological polar surface area (TPSA) is 65.2 Å². The zero-order valence-corrected chi connectivity index (χ0v) is 12.6. The van der Waals surface area contributed by atoms with Crippen LogP contribution in [0, 0.1) is 11.6 Å². The van der Waals surface area contributed by atoms with E-state index in [9.17, 15) is 13.6 Å². The average molecular weight is 330 g/mol. The Morgan fingerprint density at radius 1 is 1.08 bits per heavy atom. The molecule has 0 N–H and O–H groups in total. The first kappa shape index (κ1) is 15.8. The molecule has 0 aliphatic rings. The number of carbonyl (C=O) groups excluding carboxylic acids is 1. The summed E-state index contributed by atoms with van der Waals surface area (Å²) in [5.74, 6) is -1.67. The van der Waals surface area contributed by atoms with E-state index in [-0.39, 0.29) is 23.2 Å². The highest BCUT2D eigenvalue weighted by atomic mass is 19.1. The van der Waals surface area contributed by atoms with E-state index in [1.807, 2.05) is 0 Å². The van der Waals surface area contributed by atoms with Gasteiger partial charge in [-0.15, -0.1) is 10.2 Å². The Morgan fingerprint density at radius 2 is 1.79 bits per heavy atom. The molecular weight excluding hydrogens is 318 g/mol. The van der Waals surface area contributed by atoms with Gasteiger partial charge in [0.2, 0.25) is 5.89 Å². The lowest BCUT2D eigenvalue weighted by molar-refractivity contribution is 0.0274. The molecular formula is C17H12F2N2O3. The fourth-order valence-electron chi connectivity index (χ4n) is 2.01. The fraction of sp³-hybridized carbons (Fsp3) is 0.118. The van der Waals surface area contributed by atoms with Gasteiger partial charge in [-0.25, -0.2) is 13.6 Å². The Labute approximate surface area is 135 Å². The molecule has 3 rings (SSSR count). The van der Waals surface area contributed by atoms with Crippen LogP contribution in [0.5, 0.6) is 0 Å². The van der Waals surface area contributed by atoms with Crippen LogP contribution in [0.2, 0.25) is 0 Å². The lowest BCUT2D eigenvalue weighted by Gasteiger charge is -2.09. The number of rotatable bonds is 4. The van der Waals surface area contributed by atoms with Crippen molar-refractivity contribution in [1.82, 2.24) is 10.2 Å². The molecule has 7 heteroatoms. The fourth-order valence-corrected chi connectivity index (χ4v) is 2.01. The van der Waals surface area contributed by atoms with Crippen LogP contribution in [0.25, 0.3) is 11.5 Å². The minimum atomic E-state index is -0.862. The van der Waals surface area contributed by atoms with Crippen molar-refractivity contribution in [3.8, 4) is 11.5 Å². The van der Waals surface area contributed by atoms with E-state index >= 15 is 0 Å². The Hall–Kier alpha value is -3.09. The van der Waals surface area contributed by atoms with Crippen LogP contribution < -0.4 is 0 Å². The SMILES string of the molecule is C[C@H](OC(=O)c1ccccc1F)c1nnc(-c2ccc(F)cc2)o1. The van der Waals surface area contributed by atoms with E-state index in [1.54, 1.807) is 0 Å². The Balaban J connectivity index is 1.74. The molecule has 1 heterocycles. The minimum Gasteiger partial charge on any atom is -0.449 e. The molecule has 0 fully saturated rings. The van der Waals surface area contributed by atoms with Crippen molar-refractivity contribution >= 4 is 5.97 Å². The molecule has 0 aliphatic carbocycles. The van der Waals surface area contributed by atoms with Crippen LogP contribution >= 0.6 is 0 Å². The van der Waals surface area contributed by atoms with Crippen LogP contribution in [-0.4, -0.2) is 16.2 Å². The molecule has 0 amide bonds. The highest BCUT2D eigenvalue weighted by molar-refractivity contribution is 5.89. The van der Waals surface area contributed by atoms with Gasteiger partial charge in [0.05, 0.1) is 5.56 Å². The molecule has 0 radical (unpaired) electrons. The van der Waals surface area contributed by atoms with Gasteiger partial charge in [-0.2, -0.15) is 0 Å². The molecule has 0 saturated heterocycles. The van der Waals surface area contributed by atoms with Gasteiger partial charge in [0.25, 0.3) is 5.89 Å². The van der Waals surface area contributed by atoms with Gasteiger partial charge < -0.3 is 9.15 Å². The molecule has 0 aliphatic heterocycles. The minimum absolute atomic E-state index is 0.0546. The van der Waals surface area contributed by atoms with E-state index in [0.717, 1.165) is 0 Å². The molecule has 0 saturated carbocycles. The van der Waals surface area contributed by atoms with Crippen molar-refractivity contribution in [2.24, 2.45) is 0 Å². The third kappa shape index (κ3) is 3.29. The van der Waals surface area contributed by atoms with E-state index < -0.39 is 17.9 Å². The second-order valence-corrected chi connectivity index (χ2v) is 4.98. The summed E-state index contributed by atoms with van der Waals surface area (Å²) >= 11 is 0. The van der Waals surface area contributed by atoms with Crippen LogP contribution in [0.1, 0.15) is 29.3 Å². The zero-order valence-electron chi connectivity index (χ0n) is 12.6. The molecule has 0 unspecified atom stereocenters. The summed E-state index contributed by atoms with van der Waals surface area (Å²) in [5, 5.41) is 7.63. The van der Waals surface area contributed by atoms with Gasteiger partial charge in [0.1, 0.15) is 11.6 Å². The highest BCUT2D eigenvalue weighted by Crippen LogP contribution is 2.23. The number of benzene rings is 2. The molecule has 24 heavy (non-hydrogen) atoms. The first-order valence-corrected chi connectivity index (χ1v) is 7.09. The van der Waals surface area contributed by atoms with Crippen molar-refractivity contribution in [2.75, 3.05) is 0 Å². The largest absolute Gasteiger partial charge is 0.449 e. The molecule has 5 nitrogen and oxygen atoms in total. The first-order valence-electron chi connectivity index (χ1n) is 7.09. The average Bonchev–Trinajstić information content (AvgIpc) is 3.06. The first-order chi connectivity index (χ1) is 11.5. The third-order valence-corrected chi connectivity index (χ3v) is 3.26. The summed E-state index contributed by atoms with van der Waals surface area (Å²) in [5.41, 5.74) is 0.352. The second kappa shape index (κ2) is 6.57. The predicted molar refractivity (Wildman–Crippen MR) is 79.9 cm³/mol. The van der Waals surface area contributed by atoms with Crippen molar-refractivity contribution in [1.29, 1.82) is 0 Å². The van der Waals surface area contributed by atoms with Gasteiger partial charge in [-0.1, -0.05) is 12.1 Å². The number of nitrogens with zero attached hydrogens (tertiary/aromatic N) is 2. The number of esters is 1. The van der Waals surface area contributed by atoms with Gasteiger partial charge in [0.15, 0.2) is 6.10 Å². The number of hydrogen-bond acceptors (Lipinski definition) is 5. The summed E-state index contributed by atoms with van der Waals surface area (Å²) in [6, 6.07) is 11.0. The summed E-state index contributed by atoms with van der Waals surface area (Å²) in [7, 11) is 0. The van der Waals surface area contributed by atoms with Gasteiger partial charge in [-0.05, 0) is 43.3 Å². The van der Waals surface area contributed by atoms with Crippen molar-refractivity contribution in [3.05, 3.63) is 71.6 Å². The second-order valence-electron chi connectivity index (χ2n) is 4.98. The summed E-state index contributed by atoms with van der Waals surface area (Å²) in [6.07, 6.45) is -0.862. The van der Waals surface area contributed by atoms with Crippen LogP contribution in [0.3, 0.4) is 0 Å². The van der Waals surface area contributed by atoms with Crippen molar-refractivity contribution in [3.63, 3.8) is 0 Å². The zero-order chi connectivity index (χ0) is 17.1. The van der Waals surface area contributed by atoms with Gasteiger partial charge in [0, 0.05) is 5.56 Å². The van der Waals surface area contributed by atoms with Gasteiger partial charge >= 0.3 is 5.97 Å². The molecule has 0 bridgehead atoms. The molecule has 122 valence electrons. The summed E-state index contributed by atoms with van der Waals surface area (Å²) < 4.78 is 37.0. The van der Waals surface area contributed by atoms with E-state index in [0.29, 0.717) is 5.56 Å². The number of aromatic nitrogens is 2. The predicted octanol–water partition coefficient (Wildman–Crippen LogP) is 3.93. The van der Waals surface area contributed by atoms with Crippen molar-refractivity contribution < 1.29 is 22.7 Å². The number of halogens is 2. The smallest absolute Gasteiger partial charge is 0.341 e. The molecule has 1 aromatic heterocycles. The van der Waals surface area contributed by atoms with Crippen LogP contribution in [0.15, 0.2) is 52.9 Å². The Kier molecular flexibility index (Phi) is 4.33. The van der Waals surface area contributed by atoms with Crippen LogP contribution in [-0.2, 0) is 4.74 Å². The third-order valence-electron chi connectivity index (χ3n) is 3.26. The number of hydrogen-bond donors (Lipinski definition) is 0. The molecule has 2 aromatic carbocycles. The van der Waals surface area contributed by atoms with E-state index in [2.05, 4.69) is 10.2 Å². The monoisotopic (exact) mass is 330 g/mol. The van der Waals surface area contributed by atoms with Crippen LogP contribution in [0.4, 0.5) is 8.78 Å². The lowest BCUT2D eigenvalue weighted by atomic mass is 10.2. The summed E-state index contributed by atoms with van der Waals surface area (Å²) in [6.45, 7) is 1.53. The maximum absolute atomic E-state index is 13.6. The maximum atomic E-state index is 13.6. The standard InChI is InChI=1S/C17H12F2N2O3/c1-10(23-17(22)13-4-2-3-5-14(13)19)15-20-21-16(24-15)11-6-8-12(18)9-7-11/h2-10H,1H3/t10-/m0/s1. The van der Waals surface area contributed by atoms with Gasteiger partial charge in [-0.3, -0.25) is 0 Å². The Morgan fingerprint density at radius 3 is 2.50 bits per heavy atom. The molecule has 3 aromatic rings. The quantitative estimate of drug-likeness (QED) is 0.678. The molecule has 0 spiro atoms. The molecule has 1 atom stereocenters. The van der Waals surface area contributed by atoms with Crippen molar-refractivity contribution in [2.45, 2.75) is 13.0 Å². The normalized spacial score (nSPS) is 12.0. The maximum Gasteiger partial charge on any atom is 0.341 e. The number of ether oxygens (including phenoxy) is 1. The van der Waals surface area contributed by atoms with E-state index in [4.69, 9.17) is 9.15 Å². The van der Waals surface area contributed by atoms with E-state index in [1.165, 1.54) is 55.5 Å². The Bertz CT molecular complexity index is 862. The number of carbonyl (C=O) groups is 1. The summed E-state index contributed by atoms with van der Waals surface area (Å²) in [4.78, 5) is 12.0. The highest BCUT2D eigenvalue weighted by Gasteiger charge is 2.21.